The van der Waals surface area contributed by atoms with E-state index in [1.807, 2.05) is 0 Å². The van der Waals surface area contributed by atoms with Gasteiger partial charge in [-0.2, -0.15) is 0 Å². The van der Waals surface area contributed by atoms with Gasteiger partial charge in [-0.15, -0.1) is 0 Å². The zero-order valence-corrected chi connectivity index (χ0v) is 19.6. The summed E-state index contributed by atoms with van der Waals surface area (Å²) in [5, 5.41) is 7.51. The van der Waals surface area contributed by atoms with Gasteiger partial charge in [0.1, 0.15) is 0 Å². The van der Waals surface area contributed by atoms with Crippen LogP contribution < -0.4 is 10.6 Å². The summed E-state index contributed by atoms with van der Waals surface area (Å²) in [6.45, 7) is 30.1. The summed E-state index contributed by atoms with van der Waals surface area (Å²) in [4.78, 5) is 5.28. The summed E-state index contributed by atoms with van der Waals surface area (Å²) in [6.07, 6.45) is 2.40. The van der Waals surface area contributed by atoms with Gasteiger partial charge < -0.3 is 20.4 Å². The molecular formula is C22H48N4. The Kier molecular flexibility index (Phi) is 8.17. The summed E-state index contributed by atoms with van der Waals surface area (Å²) in [5.41, 5.74) is 0.738. The molecule has 0 unspecified atom stereocenters. The predicted molar refractivity (Wildman–Crippen MR) is 116 cm³/mol. The third kappa shape index (κ3) is 10.9. The maximum Gasteiger partial charge on any atom is 0.0142 e. The lowest BCUT2D eigenvalue weighted by molar-refractivity contribution is 0.110. The van der Waals surface area contributed by atoms with E-state index in [4.69, 9.17) is 0 Å². The van der Waals surface area contributed by atoms with Crippen LogP contribution in [0, 0.1) is 0 Å². The van der Waals surface area contributed by atoms with Gasteiger partial charge in [-0.1, -0.05) is 0 Å². The first kappa shape index (κ1) is 23.9. The zero-order chi connectivity index (χ0) is 20.2. The Morgan fingerprint density at radius 3 is 1.04 bits per heavy atom. The molecule has 1 fully saturated rings. The molecule has 1 aliphatic rings. The van der Waals surface area contributed by atoms with E-state index in [1.54, 1.807) is 0 Å². The van der Waals surface area contributed by atoms with Crippen LogP contribution in [-0.4, -0.2) is 71.2 Å². The second-order valence-electron chi connectivity index (χ2n) is 11.7. The lowest BCUT2D eigenvalue weighted by Gasteiger charge is -2.40. The molecule has 4 heteroatoms. The topological polar surface area (TPSA) is 30.5 Å². The first-order chi connectivity index (χ1) is 11.6. The van der Waals surface area contributed by atoms with Gasteiger partial charge in [0.15, 0.2) is 0 Å². The molecule has 0 aromatic heterocycles. The number of nitrogens with zero attached hydrogens (tertiary/aromatic N) is 2. The Morgan fingerprint density at radius 1 is 0.538 bits per heavy atom. The van der Waals surface area contributed by atoms with Crippen molar-refractivity contribution in [2.75, 3.05) is 39.3 Å². The molecule has 0 radical (unpaired) electrons. The average Bonchev–Trinajstić information content (AvgIpc) is 2.39. The van der Waals surface area contributed by atoms with Gasteiger partial charge >= 0.3 is 0 Å². The van der Waals surface area contributed by atoms with Crippen LogP contribution in [0.2, 0.25) is 0 Å². The fourth-order valence-electron chi connectivity index (χ4n) is 4.27. The van der Waals surface area contributed by atoms with Crippen molar-refractivity contribution in [1.82, 2.24) is 20.4 Å². The highest BCUT2D eigenvalue weighted by Gasteiger charge is 2.27. The Hall–Kier alpha value is -0.160. The normalized spacial score (nSPS) is 19.2. The summed E-state index contributed by atoms with van der Waals surface area (Å²) in [6, 6.07) is 0. The van der Waals surface area contributed by atoms with E-state index in [0.29, 0.717) is 0 Å². The molecule has 0 saturated carbocycles. The highest BCUT2D eigenvalue weighted by atomic mass is 15.3. The molecular weight excluding hydrogens is 320 g/mol. The van der Waals surface area contributed by atoms with E-state index in [1.165, 1.54) is 52.1 Å². The van der Waals surface area contributed by atoms with Gasteiger partial charge in [0, 0.05) is 48.3 Å². The van der Waals surface area contributed by atoms with Crippen LogP contribution in [0.5, 0.6) is 0 Å². The molecule has 0 aliphatic carbocycles. The molecule has 1 rings (SSSR count). The molecule has 1 heterocycles. The largest absolute Gasteiger partial charge is 0.307 e. The minimum absolute atomic E-state index is 0.177. The Morgan fingerprint density at radius 2 is 0.808 bits per heavy atom. The maximum absolute atomic E-state index is 3.76. The number of hydrogen-bond acceptors (Lipinski definition) is 4. The first-order valence-corrected chi connectivity index (χ1v) is 10.6. The van der Waals surface area contributed by atoms with Crippen molar-refractivity contribution in [3.05, 3.63) is 0 Å². The van der Waals surface area contributed by atoms with Crippen molar-refractivity contribution < 1.29 is 0 Å². The van der Waals surface area contributed by atoms with E-state index in [9.17, 15) is 0 Å². The predicted octanol–water partition coefficient (Wildman–Crippen LogP) is 3.72. The third-order valence-corrected chi connectivity index (χ3v) is 5.00. The van der Waals surface area contributed by atoms with Crippen molar-refractivity contribution >= 4 is 0 Å². The van der Waals surface area contributed by atoms with E-state index in [0.717, 1.165) is 0 Å². The van der Waals surface area contributed by atoms with Gasteiger partial charge in [-0.3, -0.25) is 0 Å². The SMILES string of the molecule is CC(C)(C)NC(C)(C)CCN1CCN(CCC(C)(C)NC(C)(C)C)CC1. The van der Waals surface area contributed by atoms with Crippen LogP contribution >= 0.6 is 0 Å². The zero-order valence-electron chi connectivity index (χ0n) is 19.6. The highest BCUT2D eigenvalue weighted by Crippen LogP contribution is 2.18. The minimum atomic E-state index is 0.177. The maximum atomic E-state index is 3.76. The Labute approximate surface area is 164 Å². The minimum Gasteiger partial charge on any atom is -0.307 e. The van der Waals surface area contributed by atoms with Crippen LogP contribution in [0.15, 0.2) is 0 Å². The van der Waals surface area contributed by atoms with Crippen LogP contribution in [0.3, 0.4) is 0 Å². The van der Waals surface area contributed by atoms with E-state index < -0.39 is 0 Å². The van der Waals surface area contributed by atoms with Gasteiger partial charge in [-0.25, -0.2) is 0 Å². The lowest BCUT2D eigenvalue weighted by Crippen LogP contribution is -2.54. The van der Waals surface area contributed by atoms with E-state index >= 15 is 0 Å². The van der Waals surface area contributed by atoms with Crippen molar-refractivity contribution in [2.24, 2.45) is 0 Å². The quantitative estimate of drug-likeness (QED) is 0.684. The molecule has 2 N–H and O–H groups in total. The molecule has 0 atom stereocenters. The Balaban J connectivity index is 2.30. The van der Waals surface area contributed by atoms with E-state index in [-0.39, 0.29) is 22.2 Å². The first-order valence-electron chi connectivity index (χ1n) is 10.6. The molecule has 0 aromatic rings. The lowest BCUT2D eigenvalue weighted by atomic mass is 9.94. The van der Waals surface area contributed by atoms with Gasteiger partial charge in [0.2, 0.25) is 0 Å². The fraction of sp³-hybridized carbons (Fsp3) is 1.00. The molecule has 156 valence electrons. The van der Waals surface area contributed by atoms with Crippen molar-refractivity contribution in [1.29, 1.82) is 0 Å². The third-order valence-electron chi connectivity index (χ3n) is 5.00. The summed E-state index contributed by atoms with van der Waals surface area (Å²) in [5.74, 6) is 0. The summed E-state index contributed by atoms with van der Waals surface area (Å²) in [7, 11) is 0. The summed E-state index contributed by atoms with van der Waals surface area (Å²) >= 11 is 0. The van der Waals surface area contributed by atoms with Gasteiger partial charge in [-0.05, 0) is 95.2 Å². The summed E-state index contributed by atoms with van der Waals surface area (Å²) < 4.78 is 0. The number of hydrogen-bond donors (Lipinski definition) is 2. The molecule has 0 amide bonds. The molecule has 1 saturated heterocycles. The van der Waals surface area contributed by atoms with Gasteiger partial charge in [0.25, 0.3) is 0 Å². The van der Waals surface area contributed by atoms with Gasteiger partial charge in [0.05, 0.1) is 0 Å². The average molecular weight is 369 g/mol. The van der Waals surface area contributed by atoms with Crippen LogP contribution in [0.4, 0.5) is 0 Å². The molecule has 26 heavy (non-hydrogen) atoms. The molecule has 0 aromatic carbocycles. The molecule has 0 spiro atoms. The second kappa shape index (κ2) is 8.89. The standard InChI is InChI=1S/C22H48N4/c1-19(2,3)23-21(7,8)11-13-25-15-17-26(18-16-25)14-12-22(9,10)24-20(4,5)6/h23-24H,11-18H2,1-10H3. The van der Waals surface area contributed by atoms with Crippen LogP contribution in [0.1, 0.15) is 82.1 Å². The number of nitrogens with one attached hydrogen (secondary N) is 2. The van der Waals surface area contributed by atoms with Crippen molar-refractivity contribution in [3.63, 3.8) is 0 Å². The molecule has 4 nitrogen and oxygen atoms in total. The van der Waals surface area contributed by atoms with Crippen LogP contribution in [-0.2, 0) is 0 Å². The number of rotatable bonds is 8. The fourth-order valence-corrected chi connectivity index (χ4v) is 4.27. The van der Waals surface area contributed by atoms with Crippen molar-refractivity contribution in [3.8, 4) is 0 Å². The van der Waals surface area contributed by atoms with Crippen molar-refractivity contribution in [2.45, 2.75) is 104 Å². The van der Waals surface area contributed by atoms with Crippen LogP contribution in [0.25, 0.3) is 0 Å². The Bertz CT molecular complexity index is 367. The molecule has 1 aliphatic heterocycles. The second-order valence-corrected chi connectivity index (χ2v) is 11.7. The molecule has 0 bridgehead atoms. The smallest absolute Gasteiger partial charge is 0.0142 e. The monoisotopic (exact) mass is 368 g/mol. The highest BCUT2D eigenvalue weighted by molar-refractivity contribution is 4.88. The van der Waals surface area contributed by atoms with E-state index in [2.05, 4.69) is 89.7 Å². The number of piperazine rings is 1.